The Morgan fingerprint density at radius 1 is 1.16 bits per heavy atom. The SMILES string of the molecule is C[C@@H]1CN(C(=O)N(C)C2CCCCC2)C[C@H]1C(=O)O. The van der Waals surface area contributed by atoms with Crippen molar-refractivity contribution in [1.82, 2.24) is 9.80 Å². The van der Waals surface area contributed by atoms with Gasteiger partial charge in [0, 0.05) is 26.2 Å². The Balaban J connectivity index is 1.94. The van der Waals surface area contributed by atoms with E-state index in [2.05, 4.69) is 0 Å². The fourth-order valence-electron chi connectivity index (χ4n) is 3.29. The average molecular weight is 268 g/mol. The largest absolute Gasteiger partial charge is 0.481 e. The highest BCUT2D eigenvalue weighted by Gasteiger charge is 2.38. The molecular formula is C14H24N2O3. The molecule has 0 aromatic carbocycles. The lowest BCUT2D eigenvalue weighted by Crippen LogP contribution is -2.46. The zero-order chi connectivity index (χ0) is 14.0. The van der Waals surface area contributed by atoms with Crippen LogP contribution in [0.15, 0.2) is 0 Å². The monoisotopic (exact) mass is 268 g/mol. The van der Waals surface area contributed by atoms with Crippen LogP contribution in [-0.4, -0.2) is 53.1 Å². The molecule has 2 amide bonds. The molecule has 2 fully saturated rings. The third-order valence-corrected chi connectivity index (χ3v) is 4.62. The summed E-state index contributed by atoms with van der Waals surface area (Å²) in [7, 11) is 1.86. The van der Waals surface area contributed by atoms with Gasteiger partial charge >= 0.3 is 12.0 Å². The van der Waals surface area contributed by atoms with Gasteiger partial charge in [-0.1, -0.05) is 26.2 Å². The van der Waals surface area contributed by atoms with E-state index >= 15 is 0 Å². The second kappa shape index (κ2) is 5.80. The predicted molar refractivity (Wildman–Crippen MR) is 71.9 cm³/mol. The quantitative estimate of drug-likeness (QED) is 0.833. The van der Waals surface area contributed by atoms with Gasteiger partial charge in [0.2, 0.25) is 0 Å². The minimum atomic E-state index is -0.789. The zero-order valence-corrected chi connectivity index (χ0v) is 11.8. The fraction of sp³-hybridized carbons (Fsp3) is 0.857. The van der Waals surface area contributed by atoms with Crippen LogP contribution in [0.4, 0.5) is 4.79 Å². The first-order valence-electron chi connectivity index (χ1n) is 7.25. The maximum Gasteiger partial charge on any atom is 0.320 e. The van der Waals surface area contributed by atoms with E-state index in [1.165, 1.54) is 19.3 Å². The summed E-state index contributed by atoms with van der Waals surface area (Å²) < 4.78 is 0. The Hall–Kier alpha value is -1.26. The van der Waals surface area contributed by atoms with Gasteiger partial charge in [-0.25, -0.2) is 4.79 Å². The van der Waals surface area contributed by atoms with Gasteiger partial charge in [-0.15, -0.1) is 0 Å². The third kappa shape index (κ3) is 3.01. The summed E-state index contributed by atoms with van der Waals surface area (Å²) in [4.78, 5) is 27.1. The van der Waals surface area contributed by atoms with E-state index in [1.54, 1.807) is 4.90 Å². The highest BCUT2D eigenvalue weighted by Crippen LogP contribution is 2.27. The van der Waals surface area contributed by atoms with Gasteiger partial charge in [0.15, 0.2) is 0 Å². The predicted octanol–water partition coefficient (Wildman–Crippen LogP) is 2.02. The second-order valence-corrected chi connectivity index (χ2v) is 6.01. The number of carbonyl (C=O) groups excluding carboxylic acids is 1. The summed E-state index contributed by atoms with van der Waals surface area (Å²) in [6.07, 6.45) is 5.80. The maximum atomic E-state index is 12.4. The molecule has 0 radical (unpaired) electrons. The van der Waals surface area contributed by atoms with Gasteiger partial charge in [0.25, 0.3) is 0 Å². The number of nitrogens with zero attached hydrogens (tertiary/aromatic N) is 2. The molecule has 108 valence electrons. The molecule has 1 saturated carbocycles. The minimum absolute atomic E-state index is 0.00231. The van der Waals surface area contributed by atoms with Crippen molar-refractivity contribution in [3.63, 3.8) is 0 Å². The van der Waals surface area contributed by atoms with Crippen molar-refractivity contribution in [2.75, 3.05) is 20.1 Å². The second-order valence-electron chi connectivity index (χ2n) is 6.01. The molecule has 2 rings (SSSR count). The summed E-state index contributed by atoms with van der Waals surface area (Å²) in [6, 6.07) is 0.336. The lowest BCUT2D eigenvalue weighted by atomic mass is 9.95. The number of carbonyl (C=O) groups is 2. The number of amides is 2. The lowest BCUT2D eigenvalue weighted by molar-refractivity contribution is -0.142. The normalized spacial score (nSPS) is 28.4. The van der Waals surface area contributed by atoms with Gasteiger partial charge in [-0.3, -0.25) is 4.79 Å². The molecule has 0 bridgehead atoms. The number of hydrogen-bond acceptors (Lipinski definition) is 2. The first-order chi connectivity index (χ1) is 9.00. The van der Waals surface area contributed by atoms with Crippen LogP contribution in [0.3, 0.4) is 0 Å². The number of carboxylic acids is 1. The molecule has 0 unspecified atom stereocenters. The Kier molecular flexibility index (Phi) is 4.32. The molecule has 2 aliphatic rings. The number of aliphatic carboxylic acids is 1. The molecule has 0 aromatic rings. The molecular weight excluding hydrogens is 244 g/mol. The third-order valence-electron chi connectivity index (χ3n) is 4.62. The van der Waals surface area contributed by atoms with Crippen LogP contribution in [0.5, 0.6) is 0 Å². The smallest absolute Gasteiger partial charge is 0.320 e. The number of hydrogen-bond donors (Lipinski definition) is 1. The Bertz CT molecular complexity index is 353. The highest BCUT2D eigenvalue weighted by molar-refractivity contribution is 5.77. The van der Waals surface area contributed by atoms with E-state index in [-0.39, 0.29) is 11.9 Å². The highest BCUT2D eigenvalue weighted by atomic mass is 16.4. The van der Waals surface area contributed by atoms with E-state index in [1.807, 2.05) is 18.9 Å². The molecule has 0 aromatic heterocycles. The van der Waals surface area contributed by atoms with Crippen molar-refractivity contribution in [2.24, 2.45) is 11.8 Å². The standard InChI is InChI=1S/C14H24N2O3/c1-10-8-16(9-12(10)13(17)18)14(19)15(2)11-6-4-3-5-7-11/h10-12H,3-9H2,1-2H3,(H,17,18)/t10-,12-/m1/s1. The first-order valence-corrected chi connectivity index (χ1v) is 7.25. The van der Waals surface area contributed by atoms with Gasteiger partial charge in [-0.05, 0) is 18.8 Å². The zero-order valence-electron chi connectivity index (χ0n) is 11.8. The summed E-state index contributed by atoms with van der Waals surface area (Å²) in [6.45, 7) is 2.83. The topological polar surface area (TPSA) is 60.9 Å². The van der Waals surface area contributed by atoms with Crippen molar-refractivity contribution in [2.45, 2.75) is 45.1 Å². The fourth-order valence-corrected chi connectivity index (χ4v) is 3.29. The van der Waals surface area contributed by atoms with Crippen LogP contribution in [0.2, 0.25) is 0 Å². The van der Waals surface area contributed by atoms with Crippen molar-refractivity contribution < 1.29 is 14.7 Å². The summed E-state index contributed by atoms with van der Waals surface area (Å²) in [5, 5.41) is 9.12. The van der Waals surface area contributed by atoms with Gasteiger partial charge in [-0.2, -0.15) is 0 Å². The lowest BCUT2D eigenvalue weighted by Gasteiger charge is -2.34. The molecule has 1 N–H and O–H groups in total. The molecule has 0 spiro atoms. The van der Waals surface area contributed by atoms with E-state index in [9.17, 15) is 9.59 Å². The van der Waals surface area contributed by atoms with Gasteiger partial charge in [0.1, 0.15) is 0 Å². The number of carboxylic acid groups (broad SMARTS) is 1. The Labute approximate surface area is 114 Å². The summed E-state index contributed by atoms with van der Waals surface area (Å²) in [5.41, 5.74) is 0. The molecule has 5 heteroatoms. The van der Waals surface area contributed by atoms with E-state index in [4.69, 9.17) is 5.11 Å². The van der Waals surface area contributed by atoms with Gasteiger partial charge in [0.05, 0.1) is 5.92 Å². The van der Waals surface area contributed by atoms with E-state index in [0.717, 1.165) is 12.8 Å². The van der Waals surface area contributed by atoms with Crippen LogP contribution >= 0.6 is 0 Å². The number of rotatable bonds is 2. The summed E-state index contributed by atoms with van der Waals surface area (Å²) >= 11 is 0. The van der Waals surface area contributed by atoms with Crippen LogP contribution < -0.4 is 0 Å². The van der Waals surface area contributed by atoms with Crippen molar-refractivity contribution in [3.8, 4) is 0 Å². The molecule has 1 aliphatic carbocycles. The molecule has 19 heavy (non-hydrogen) atoms. The minimum Gasteiger partial charge on any atom is -0.481 e. The van der Waals surface area contributed by atoms with Gasteiger partial charge < -0.3 is 14.9 Å². The number of likely N-dealkylation sites (tertiary alicyclic amines) is 1. The van der Waals surface area contributed by atoms with Crippen molar-refractivity contribution >= 4 is 12.0 Å². The Morgan fingerprint density at radius 3 is 2.32 bits per heavy atom. The van der Waals surface area contributed by atoms with Crippen LogP contribution in [0.1, 0.15) is 39.0 Å². The van der Waals surface area contributed by atoms with Crippen molar-refractivity contribution in [1.29, 1.82) is 0 Å². The maximum absolute atomic E-state index is 12.4. The van der Waals surface area contributed by atoms with Crippen LogP contribution in [0, 0.1) is 11.8 Å². The van der Waals surface area contributed by atoms with Crippen molar-refractivity contribution in [3.05, 3.63) is 0 Å². The molecule has 1 heterocycles. The molecule has 5 nitrogen and oxygen atoms in total. The molecule has 2 atom stereocenters. The first kappa shape index (κ1) is 14.2. The van der Waals surface area contributed by atoms with Crippen LogP contribution in [0.25, 0.3) is 0 Å². The van der Waals surface area contributed by atoms with Crippen LogP contribution in [-0.2, 0) is 4.79 Å². The Morgan fingerprint density at radius 2 is 1.79 bits per heavy atom. The van der Waals surface area contributed by atoms with E-state index in [0.29, 0.717) is 19.1 Å². The average Bonchev–Trinajstić information content (AvgIpc) is 2.80. The number of urea groups is 1. The molecule has 1 aliphatic heterocycles. The van der Waals surface area contributed by atoms with E-state index < -0.39 is 11.9 Å². The summed E-state index contributed by atoms with van der Waals surface area (Å²) in [5.74, 6) is -1.16. The molecule has 1 saturated heterocycles.